The standard InChI is InChI=1S/C23H26ClFN4O2.C16H16ClFN4OS.C16H16ClFN4S.C9H12ClFN2S.C5H4ClFN2S/c1-23(2,3)19-18(25)17(8-12-6-4-5-7-14(12)22(30)31)28-21(29-19)16-11-27-20-15(16)9-13(24)10-26-20;1-16(2,3)12-11(18)15(24(4)23)22-14(21-12)10-7-20-13-9(10)5-8(17)6-19-13;1-16(2,3)12-11(18)15(23-4)22-14(21-12)10-7-20-13-9(10)5-8(17)6-19-13;1-9(2,3)6-5(11)7(14-4)13-8(10)12-6;1-10-4-3(7)2-8-5(6)9-4/h9-12,14H,4-8H2,1-3H3,(H,26,27)(H,30,31);5-7H,1-4H3,(H,19,20);5-7H,1-4H3,(H,19,20);1-4H3;2H,1H3/t12-,14+;;;;/m1..../s1. The molecule has 0 bridgehead atoms. The molecule has 33 heteroatoms. The molecule has 4 N–H and O–H groups in total. The van der Waals surface area contributed by atoms with Crippen molar-refractivity contribution in [2.24, 2.45) is 11.8 Å². The van der Waals surface area contributed by atoms with Gasteiger partial charge in [-0.1, -0.05) is 131 Å². The van der Waals surface area contributed by atoms with Crippen LogP contribution in [0, 0.1) is 40.9 Å². The van der Waals surface area contributed by atoms with E-state index in [0.29, 0.717) is 94.2 Å². The monoisotopic (exact) mass is 1570 g/mol. The first-order valence-electron chi connectivity index (χ1n) is 31.5. The first-order chi connectivity index (χ1) is 47.7. The van der Waals surface area contributed by atoms with E-state index in [0.717, 1.165) is 47.2 Å². The lowest BCUT2D eigenvalue weighted by atomic mass is 9.76. The predicted molar refractivity (Wildman–Crippen MR) is 400 cm³/mol. The molecule has 3 atom stereocenters. The summed E-state index contributed by atoms with van der Waals surface area (Å²) in [5, 5.41) is 14.4. The Bertz CT molecular complexity index is 4910. The highest BCUT2D eigenvalue weighted by Gasteiger charge is 2.35. The zero-order chi connectivity index (χ0) is 75.2. The van der Waals surface area contributed by atoms with Crippen LogP contribution in [0.15, 0.2) is 81.7 Å². The topological polar surface area (TPSA) is 269 Å². The molecule has 542 valence electrons. The fourth-order valence-corrected chi connectivity index (χ4v) is 13.5. The Hall–Kier alpha value is -6.76. The highest BCUT2D eigenvalue weighted by atomic mass is 35.5. The van der Waals surface area contributed by atoms with Crippen LogP contribution in [0.2, 0.25) is 25.6 Å². The lowest BCUT2D eigenvalue weighted by Gasteiger charge is -2.29. The Labute approximate surface area is 627 Å². The maximum atomic E-state index is 15.5. The van der Waals surface area contributed by atoms with Gasteiger partial charge in [-0.3, -0.25) is 9.00 Å². The summed E-state index contributed by atoms with van der Waals surface area (Å²) in [5.41, 5.74) is 3.74. The van der Waals surface area contributed by atoms with Gasteiger partial charge in [0.15, 0.2) is 51.6 Å². The molecule has 1 aliphatic carbocycles. The molecule has 0 aliphatic heterocycles. The van der Waals surface area contributed by atoms with E-state index in [1.165, 1.54) is 47.7 Å². The smallest absolute Gasteiger partial charge is 0.306 e. The summed E-state index contributed by atoms with van der Waals surface area (Å²) in [4.78, 5) is 75.1. The van der Waals surface area contributed by atoms with Crippen molar-refractivity contribution < 1.29 is 36.1 Å². The molecule has 0 saturated heterocycles. The molecule has 0 aromatic carbocycles. The van der Waals surface area contributed by atoms with E-state index in [-0.39, 0.29) is 61.4 Å². The fraction of sp³-hybridized carbons (Fsp3) is 0.391. The SMILES string of the molecule is CC(C)(C)c1nc(-c2c[nH]c3ncc(Cl)cc23)nc(C[C@H]2CCCC[C@@H]2C(=O)O)c1F.CS(=O)c1nc(-c2c[nH]c3ncc(Cl)cc23)nc(C(C)(C)C)c1F.CSc1nc(-c2c[nH]c3ncc(Cl)cc23)nc(C(C)(C)C)c1F.CSc1nc(Cl)nc(C(C)(C)C)c1F.CSc1nc(Cl)ncc1F. The van der Waals surface area contributed by atoms with Crippen LogP contribution in [0.4, 0.5) is 22.0 Å². The van der Waals surface area contributed by atoms with Gasteiger partial charge in [-0.15, -0.1) is 35.3 Å². The second kappa shape index (κ2) is 33.6. The van der Waals surface area contributed by atoms with Gasteiger partial charge in [0.05, 0.1) is 66.5 Å². The Balaban J connectivity index is 0.000000169. The molecule has 1 aliphatic rings. The normalized spacial score (nSPS) is 14.5. The van der Waals surface area contributed by atoms with Crippen molar-refractivity contribution in [1.82, 2.24) is 79.7 Å². The van der Waals surface area contributed by atoms with Crippen LogP contribution in [0.5, 0.6) is 0 Å². The number of carbonyl (C=O) groups is 1. The zero-order valence-corrected chi connectivity index (χ0v) is 65.5. The molecule has 1 saturated carbocycles. The van der Waals surface area contributed by atoms with E-state index in [9.17, 15) is 31.7 Å². The number of aromatic amines is 3. The van der Waals surface area contributed by atoms with Crippen LogP contribution in [0.3, 0.4) is 0 Å². The largest absolute Gasteiger partial charge is 0.481 e. The second-order valence-corrected chi connectivity index (χ2v) is 33.1. The molecule has 19 nitrogen and oxygen atoms in total. The number of rotatable bonds is 10. The average molecular weight is 1580 g/mol. The Kier molecular flexibility index (Phi) is 26.6. The van der Waals surface area contributed by atoms with Gasteiger partial charge >= 0.3 is 5.97 Å². The summed E-state index contributed by atoms with van der Waals surface area (Å²) >= 11 is 33.0. The molecule has 12 rings (SSSR count). The van der Waals surface area contributed by atoms with Crippen molar-refractivity contribution in [1.29, 1.82) is 0 Å². The van der Waals surface area contributed by atoms with Crippen LogP contribution in [-0.4, -0.2) is 120 Å². The first-order valence-corrected chi connectivity index (χ1v) is 38.6. The molecule has 1 fully saturated rings. The van der Waals surface area contributed by atoms with E-state index < -0.39 is 56.4 Å². The Morgan fingerprint density at radius 1 is 0.500 bits per heavy atom. The lowest BCUT2D eigenvalue weighted by Crippen LogP contribution is -2.29. The number of aliphatic carboxylic acids is 1. The number of thioether (sulfide) groups is 3. The van der Waals surface area contributed by atoms with Crippen molar-refractivity contribution in [3.63, 3.8) is 0 Å². The number of carboxylic acid groups (broad SMARTS) is 1. The molecule has 0 spiro atoms. The summed E-state index contributed by atoms with van der Waals surface area (Å²) in [7, 11) is -1.57. The van der Waals surface area contributed by atoms with Gasteiger partial charge in [0.2, 0.25) is 10.6 Å². The Morgan fingerprint density at radius 3 is 1.29 bits per heavy atom. The number of halogens is 10. The molecule has 102 heavy (non-hydrogen) atoms. The predicted octanol–water partition coefficient (Wildman–Crippen LogP) is 19.5. The minimum absolute atomic E-state index is 0.0748. The molecule has 0 amide bonds. The highest BCUT2D eigenvalue weighted by molar-refractivity contribution is 7.99. The number of hydrogen-bond acceptors (Lipinski definition) is 18. The van der Waals surface area contributed by atoms with Gasteiger partial charge in [0, 0.05) is 97.9 Å². The van der Waals surface area contributed by atoms with Crippen LogP contribution in [0.1, 0.15) is 137 Å². The van der Waals surface area contributed by atoms with E-state index in [2.05, 4.69) is 79.7 Å². The third-order valence-electron chi connectivity index (χ3n) is 15.6. The van der Waals surface area contributed by atoms with Gasteiger partial charge in [-0.25, -0.2) is 86.7 Å². The number of H-pyrrole nitrogens is 3. The van der Waals surface area contributed by atoms with Gasteiger partial charge in [0.1, 0.15) is 32.0 Å². The number of carboxylic acids is 1. The van der Waals surface area contributed by atoms with Crippen LogP contribution >= 0.6 is 93.3 Å². The van der Waals surface area contributed by atoms with E-state index in [4.69, 9.17) is 58.0 Å². The van der Waals surface area contributed by atoms with Crippen molar-refractivity contribution >= 4 is 143 Å². The van der Waals surface area contributed by atoms with Gasteiger partial charge < -0.3 is 20.1 Å². The maximum absolute atomic E-state index is 15.5. The molecule has 0 radical (unpaired) electrons. The number of hydrogen-bond donors (Lipinski definition) is 4. The van der Waals surface area contributed by atoms with Gasteiger partial charge in [-0.05, 0) is 85.3 Å². The quantitative estimate of drug-likeness (QED) is 0.0429. The minimum Gasteiger partial charge on any atom is -0.481 e. The summed E-state index contributed by atoms with van der Waals surface area (Å²) in [6.45, 7) is 22.7. The van der Waals surface area contributed by atoms with Crippen molar-refractivity contribution in [2.75, 3.05) is 25.0 Å². The molecule has 11 aromatic rings. The number of nitrogens with zero attached hydrogens (tertiary/aromatic N) is 13. The average Bonchev–Trinajstić information content (AvgIpc) is 1.23. The highest BCUT2D eigenvalue weighted by Crippen LogP contribution is 2.39. The Morgan fingerprint density at radius 2 is 0.882 bits per heavy atom. The number of fused-ring (bicyclic) bond motifs is 3. The minimum atomic E-state index is -1.57. The van der Waals surface area contributed by atoms with Gasteiger partial charge in [-0.2, -0.15) is 0 Å². The third kappa shape index (κ3) is 19.6. The van der Waals surface area contributed by atoms with Crippen LogP contribution in [-0.2, 0) is 43.7 Å². The lowest BCUT2D eigenvalue weighted by molar-refractivity contribution is -0.144. The van der Waals surface area contributed by atoms with E-state index in [1.807, 2.05) is 83.1 Å². The summed E-state index contributed by atoms with van der Waals surface area (Å²) in [6.07, 6.45) is 21.1. The molecule has 1 unspecified atom stereocenters. The molecule has 11 aromatic heterocycles. The number of nitrogens with one attached hydrogen (secondary N) is 3. The van der Waals surface area contributed by atoms with Crippen LogP contribution < -0.4 is 0 Å². The van der Waals surface area contributed by atoms with Crippen LogP contribution in [0.25, 0.3) is 67.3 Å². The van der Waals surface area contributed by atoms with Crippen molar-refractivity contribution in [2.45, 2.75) is 157 Å². The summed E-state index contributed by atoms with van der Waals surface area (Å²) < 4.78 is 83.0. The molecule has 11 heterocycles. The summed E-state index contributed by atoms with van der Waals surface area (Å²) in [6, 6.07) is 5.32. The van der Waals surface area contributed by atoms with E-state index >= 15 is 4.39 Å². The number of aromatic nitrogens is 16. The van der Waals surface area contributed by atoms with Crippen molar-refractivity contribution in [3.05, 3.63) is 145 Å². The van der Waals surface area contributed by atoms with E-state index in [1.54, 1.807) is 68.0 Å². The molecular weight excluding hydrogens is 1500 g/mol. The third-order valence-corrected chi connectivity index (χ3v) is 19.4. The van der Waals surface area contributed by atoms with Gasteiger partial charge in [0.25, 0.3) is 0 Å². The maximum Gasteiger partial charge on any atom is 0.306 e. The first kappa shape index (κ1) is 80.9. The number of pyridine rings is 3. The molecular formula is C69H74Cl5F5N16O3S4. The van der Waals surface area contributed by atoms with Crippen molar-refractivity contribution in [3.8, 4) is 34.2 Å². The fourth-order valence-electron chi connectivity index (χ4n) is 10.7. The second-order valence-electron chi connectivity index (χ2n) is 27.5. The summed E-state index contributed by atoms with van der Waals surface area (Å²) in [5.74, 6) is -2.50. The zero-order valence-electron chi connectivity index (χ0n) is 58.5.